The van der Waals surface area contributed by atoms with Crippen molar-refractivity contribution in [3.8, 4) is 0 Å². The molecule has 0 saturated carbocycles. The Morgan fingerprint density at radius 3 is 2.73 bits per heavy atom. The molecule has 74 valence electrons. The van der Waals surface area contributed by atoms with Crippen molar-refractivity contribution in [2.24, 2.45) is 0 Å². The molecule has 1 heterocycles. The van der Waals surface area contributed by atoms with Crippen LogP contribution in [-0.4, -0.2) is 15.8 Å². The summed E-state index contributed by atoms with van der Waals surface area (Å²) in [5.41, 5.74) is 0.681. The standard InChI is InChI=1S/C12H10N2O/c15-11(10-4-2-1-3-5-10)6-7-12-13-8-9-14-12/h1-9H,(H,13,14). The van der Waals surface area contributed by atoms with Gasteiger partial charge in [0, 0.05) is 18.0 Å². The van der Waals surface area contributed by atoms with Gasteiger partial charge in [0.15, 0.2) is 5.78 Å². The van der Waals surface area contributed by atoms with Crippen LogP contribution in [0.5, 0.6) is 0 Å². The number of nitrogens with one attached hydrogen (secondary N) is 1. The molecule has 15 heavy (non-hydrogen) atoms. The Bertz CT molecular complexity index is 458. The molecular weight excluding hydrogens is 188 g/mol. The number of aromatic amines is 1. The van der Waals surface area contributed by atoms with Crippen molar-refractivity contribution in [1.82, 2.24) is 9.97 Å². The number of ketones is 1. The van der Waals surface area contributed by atoms with Crippen LogP contribution in [0.25, 0.3) is 6.08 Å². The maximum atomic E-state index is 11.6. The van der Waals surface area contributed by atoms with Gasteiger partial charge in [0.2, 0.25) is 0 Å². The largest absolute Gasteiger partial charge is 0.345 e. The first-order valence-corrected chi connectivity index (χ1v) is 4.63. The molecule has 3 nitrogen and oxygen atoms in total. The Labute approximate surface area is 87.5 Å². The zero-order valence-corrected chi connectivity index (χ0v) is 8.05. The van der Waals surface area contributed by atoms with Crippen molar-refractivity contribution >= 4 is 11.9 Å². The van der Waals surface area contributed by atoms with Crippen LogP contribution in [0.15, 0.2) is 48.8 Å². The number of rotatable bonds is 3. The van der Waals surface area contributed by atoms with Gasteiger partial charge in [-0.15, -0.1) is 0 Å². The summed E-state index contributed by atoms with van der Waals surface area (Å²) in [6, 6.07) is 9.14. The Balaban J connectivity index is 2.11. The molecule has 1 N–H and O–H groups in total. The van der Waals surface area contributed by atoms with E-state index in [1.54, 1.807) is 30.6 Å². The molecule has 0 amide bonds. The Hall–Kier alpha value is -2.16. The van der Waals surface area contributed by atoms with Gasteiger partial charge >= 0.3 is 0 Å². The highest BCUT2D eigenvalue weighted by atomic mass is 16.1. The Morgan fingerprint density at radius 2 is 2.07 bits per heavy atom. The van der Waals surface area contributed by atoms with Gasteiger partial charge in [-0.25, -0.2) is 4.98 Å². The van der Waals surface area contributed by atoms with Crippen LogP contribution in [0.1, 0.15) is 16.2 Å². The first-order valence-electron chi connectivity index (χ1n) is 4.63. The molecular formula is C12H10N2O. The number of carbonyl (C=O) groups is 1. The van der Waals surface area contributed by atoms with Gasteiger partial charge < -0.3 is 4.98 Å². The molecule has 3 heteroatoms. The third-order valence-corrected chi connectivity index (χ3v) is 1.97. The summed E-state index contributed by atoms with van der Waals surface area (Å²) in [4.78, 5) is 18.5. The summed E-state index contributed by atoms with van der Waals surface area (Å²) in [6.45, 7) is 0. The van der Waals surface area contributed by atoms with Crippen molar-refractivity contribution in [2.45, 2.75) is 0 Å². The fourth-order valence-corrected chi connectivity index (χ4v) is 1.22. The molecule has 1 aromatic heterocycles. The molecule has 0 aliphatic rings. The topological polar surface area (TPSA) is 45.8 Å². The summed E-state index contributed by atoms with van der Waals surface area (Å²) in [5.74, 6) is 0.659. The summed E-state index contributed by atoms with van der Waals surface area (Å²) in [5, 5.41) is 0. The maximum Gasteiger partial charge on any atom is 0.185 e. The third kappa shape index (κ3) is 2.40. The molecule has 0 radical (unpaired) electrons. The molecule has 1 aromatic carbocycles. The number of hydrogen-bond acceptors (Lipinski definition) is 2. The molecule has 0 fully saturated rings. The van der Waals surface area contributed by atoms with E-state index in [1.807, 2.05) is 18.2 Å². The van der Waals surface area contributed by atoms with Gasteiger partial charge in [-0.1, -0.05) is 30.3 Å². The van der Waals surface area contributed by atoms with Gasteiger partial charge in [0.25, 0.3) is 0 Å². The highest BCUT2D eigenvalue weighted by molar-refractivity contribution is 6.06. The van der Waals surface area contributed by atoms with Gasteiger partial charge in [0.05, 0.1) is 0 Å². The number of carbonyl (C=O) groups excluding carboxylic acids is 1. The summed E-state index contributed by atoms with van der Waals surface area (Å²) < 4.78 is 0. The van der Waals surface area contributed by atoms with E-state index in [-0.39, 0.29) is 5.78 Å². The smallest absolute Gasteiger partial charge is 0.185 e. The van der Waals surface area contributed by atoms with E-state index in [9.17, 15) is 4.79 Å². The lowest BCUT2D eigenvalue weighted by Crippen LogP contribution is -1.92. The zero-order valence-electron chi connectivity index (χ0n) is 8.05. The van der Waals surface area contributed by atoms with Gasteiger partial charge in [-0.3, -0.25) is 4.79 Å². The average molecular weight is 198 g/mol. The number of H-pyrrole nitrogens is 1. The summed E-state index contributed by atoms with van der Waals surface area (Å²) in [7, 11) is 0. The molecule has 0 saturated heterocycles. The number of benzene rings is 1. The fraction of sp³-hybridized carbons (Fsp3) is 0. The highest BCUT2D eigenvalue weighted by Crippen LogP contribution is 2.02. The molecule has 0 aliphatic heterocycles. The number of hydrogen-bond donors (Lipinski definition) is 1. The third-order valence-electron chi connectivity index (χ3n) is 1.97. The zero-order chi connectivity index (χ0) is 10.5. The number of nitrogens with zero attached hydrogens (tertiary/aromatic N) is 1. The van der Waals surface area contributed by atoms with E-state index in [0.717, 1.165) is 0 Å². The first kappa shape index (κ1) is 9.40. The molecule has 2 rings (SSSR count). The van der Waals surface area contributed by atoms with Crippen molar-refractivity contribution in [1.29, 1.82) is 0 Å². The summed E-state index contributed by atoms with van der Waals surface area (Å²) in [6.07, 6.45) is 6.53. The SMILES string of the molecule is O=C(C=Cc1ncc[nH]1)c1ccccc1. The molecule has 2 aromatic rings. The molecule has 0 unspecified atom stereocenters. The second-order valence-electron chi connectivity index (χ2n) is 3.04. The van der Waals surface area contributed by atoms with Crippen LogP contribution in [0, 0.1) is 0 Å². The number of imidazole rings is 1. The van der Waals surface area contributed by atoms with Crippen molar-refractivity contribution in [2.75, 3.05) is 0 Å². The van der Waals surface area contributed by atoms with Gasteiger partial charge in [-0.2, -0.15) is 0 Å². The minimum Gasteiger partial charge on any atom is -0.345 e. The lowest BCUT2D eigenvalue weighted by molar-refractivity contribution is 0.104. The second kappa shape index (κ2) is 4.37. The predicted octanol–water partition coefficient (Wildman–Crippen LogP) is 2.31. The molecule has 0 atom stereocenters. The van der Waals surface area contributed by atoms with Crippen LogP contribution in [0.3, 0.4) is 0 Å². The highest BCUT2D eigenvalue weighted by Gasteiger charge is 1.99. The summed E-state index contributed by atoms with van der Waals surface area (Å²) >= 11 is 0. The van der Waals surface area contributed by atoms with Crippen LogP contribution in [-0.2, 0) is 0 Å². The lowest BCUT2D eigenvalue weighted by atomic mass is 10.1. The Kier molecular flexibility index (Phi) is 2.74. The minimum absolute atomic E-state index is 0.0213. The first-order chi connectivity index (χ1) is 7.36. The number of aromatic nitrogens is 2. The Morgan fingerprint density at radius 1 is 1.27 bits per heavy atom. The van der Waals surface area contributed by atoms with Crippen LogP contribution < -0.4 is 0 Å². The molecule has 0 bridgehead atoms. The van der Waals surface area contributed by atoms with E-state index < -0.39 is 0 Å². The van der Waals surface area contributed by atoms with E-state index >= 15 is 0 Å². The monoisotopic (exact) mass is 198 g/mol. The van der Waals surface area contributed by atoms with Gasteiger partial charge in [0.1, 0.15) is 5.82 Å². The van der Waals surface area contributed by atoms with Crippen LogP contribution in [0.4, 0.5) is 0 Å². The maximum absolute atomic E-state index is 11.6. The van der Waals surface area contributed by atoms with Crippen LogP contribution >= 0.6 is 0 Å². The molecule has 0 spiro atoms. The van der Waals surface area contributed by atoms with E-state index in [0.29, 0.717) is 11.4 Å². The second-order valence-corrected chi connectivity index (χ2v) is 3.04. The average Bonchev–Trinajstić information content (AvgIpc) is 2.80. The lowest BCUT2D eigenvalue weighted by Gasteiger charge is -1.92. The van der Waals surface area contributed by atoms with Gasteiger partial charge in [-0.05, 0) is 12.2 Å². The fourth-order valence-electron chi connectivity index (χ4n) is 1.22. The van der Waals surface area contributed by atoms with Crippen molar-refractivity contribution in [3.05, 3.63) is 60.2 Å². The van der Waals surface area contributed by atoms with E-state index in [4.69, 9.17) is 0 Å². The predicted molar refractivity (Wildman–Crippen MR) is 58.4 cm³/mol. The quantitative estimate of drug-likeness (QED) is 0.607. The van der Waals surface area contributed by atoms with Crippen molar-refractivity contribution < 1.29 is 4.79 Å². The van der Waals surface area contributed by atoms with Crippen LogP contribution in [0.2, 0.25) is 0 Å². The van der Waals surface area contributed by atoms with E-state index in [2.05, 4.69) is 9.97 Å². The normalized spacial score (nSPS) is 10.7. The van der Waals surface area contributed by atoms with E-state index in [1.165, 1.54) is 6.08 Å². The minimum atomic E-state index is -0.0213. The van der Waals surface area contributed by atoms with Crippen molar-refractivity contribution in [3.63, 3.8) is 0 Å². The molecule has 0 aliphatic carbocycles. The number of allylic oxidation sites excluding steroid dienone is 1.